The van der Waals surface area contributed by atoms with Crippen molar-refractivity contribution in [1.29, 1.82) is 0 Å². The van der Waals surface area contributed by atoms with Crippen LogP contribution in [-0.2, 0) is 11.2 Å². The van der Waals surface area contributed by atoms with Gasteiger partial charge in [-0.2, -0.15) is 0 Å². The Labute approximate surface area is 131 Å². The maximum absolute atomic E-state index is 12.1. The molecule has 1 amide bonds. The van der Waals surface area contributed by atoms with Crippen molar-refractivity contribution >= 4 is 29.0 Å². The van der Waals surface area contributed by atoms with Gasteiger partial charge in [-0.1, -0.05) is 30.0 Å². The predicted octanol–water partition coefficient (Wildman–Crippen LogP) is 2.75. The number of fused-ring (bicyclic) bond motifs is 1. The highest BCUT2D eigenvalue weighted by Gasteiger charge is 2.28. The molecule has 0 spiro atoms. The SMILES string of the molecule is O=C(NCCCSc1nccs1)C1Cc2ccccc2O1. The summed E-state index contributed by atoms with van der Waals surface area (Å²) in [6, 6.07) is 7.81. The lowest BCUT2D eigenvalue weighted by Gasteiger charge is -2.11. The van der Waals surface area contributed by atoms with Gasteiger partial charge in [0.1, 0.15) is 10.1 Å². The maximum atomic E-state index is 12.1. The molecule has 6 heteroatoms. The summed E-state index contributed by atoms with van der Waals surface area (Å²) in [5.74, 6) is 1.77. The highest BCUT2D eigenvalue weighted by molar-refractivity contribution is 8.00. The smallest absolute Gasteiger partial charge is 0.261 e. The molecule has 0 radical (unpaired) electrons. The van der Waals surface area contributed by atoms with Crippen molar-refractivity contribution in [2.24, 2.45) is 0 Å². The van der Waals surface area contributed by atoms with Crippen molar-refractivity contribution < 1.29 is 9.53 Å². The van der Waals surface area contributed by atoms with Crippen LogP contribution >= 0.6 is 23.1 Å². The second-order valence-electron chi connectivity index (χ2n) is 4.71. The Hall–Kier alpha value is -1.53. The number of carbonyl (C=O) groups is 1. The van der Waals surface area contributed by atoms with E-state index in [1.807, 2.05) is 35.8 Å². The molecule has 1 N–H and O–H groups in total. The zero-order valence-electron chi connectivity index (χ0n) is 11.5. The summed E-state index contributed by atoms with van der Waals surface area (Å²) < 4.78 is 6.74. The first kappa shape index (κ1) is 14.4. The van der Waals surface area contributed by atoms with Crippen LogP contribution in [0.1, 0.15) is 12.0 Å². The molecule has 1 unspecified atom stereocenters. The number of nitrogens with zero attached hydrogens (tertiary/aromatic N) is 1. The fourth-order valence-corrected chi connectivity index (χ4v) is 3.81. The van der Waals surface area contributed by atoms with E-state index in [0.717, 1.165) is 27.8 Å². The van der Waals surface area contributed by atoms with Gasteiger partial charge in [-0.3, -0.25) is 4.79 Å². The van der Waals surface area contributed by atoms with Crippen LogP contribution in [0.15, 0.2) is 40.2 Å². The Morgan fingerprint density at radius 1 is 1.48 bits per heavy atom. The highest BCUT2D eigenvalue weighted by Crippen LogP contribution is 2.28. The van der Waals surface area contributed by atoms with E-state index in [2.05, 4.69) is 10.3 Å². The Balaban J connectivity index is 1.36. The lowest BCUT2D eigenvalue weighted by atomic mass is 10.1. The summed E-state index contributed by atoms with van der Waals surface area (Å²) in [7, 11) is 0. The molecule has 0 bridgehead atoms. The fourth-order valence-electron chi connectivity index (χ4n) is 2.17. The van der Waals surface area contributed by atoms with Crippen LogP contribution < -0.4 is 10.1 Å². The van der Waals surface area contributed by atoms with Crippen molar-refractivity contribution in [3.8, 4) is 5.75 Å². The van der Waals surface area contributed by atoms with E-state index in [1.54, 1.807) is 23.1 Å². The zero-order valence-corrected chi connectivity index (χ0v) is 13.1. The van der Waals surface area contributed by atoms with E-state index in [1.165, 1.54) is 0 Å². The van der Waals surface area contributed by atoms with Gasteiger partial charge in [0.2, 0.25) is 0 Å². The van der Waals surface area contributed by atoms with Crippen LogP contribution in [0.25, 0.3) is 0 Å². The van der Waals surface area contributed by atoms with Gasteiger partial charge in [0, 0.05) is 30.3 Å². The van der Waals surface area contributed by atoms with Gasteiger partial charge in [-0.25, -0.2) is 4.98 Å². The Kier molecular flexibility index (Phi) is 4.77. The molecule has 0 saturated heterocycles. The molecule has 0 aliphatic carbocycles. The van der Waals surface area contributed by atoms with Crippen molar-refractivity contribution in [1.82, 2.24) is 10.3 Å². The second-order valence-corrected chi connectivity index (χ2v) is 6.95. The molecule has 3 rings (SSSR count). The molecule has 4 nitrogen and oxygen atoms in total. The minimum atomic E-state index is -0.381. The monoisotopic (exact) mass is 320 g/mol. The molecule has 1 aromatic carbocycles. The second kappa shape index (κ2) is 6.95. The number of rotatable bonds is 6. The van der Waals surface area contributed by atoms with E-state index in [9.17, 15) is 4.79 Å². The third kappa shape index (κ3) is 3.77. The Bertz CT molecular complexity index is 576. The summed E-state index contributed by atoms with van der Waals surface area (Å²) >= 11 is 3.37. The van der Waals surface area contributed by atoms with Gasteiger partial charge in [-0.15, -0.1) is 11.3 Å². The summed E-state index contributed by atoms with van der Waals surface area (Å²) in [6.45, 7) is 0.674. The minimum absolute atomic E-state index is 0.0227. The number of thiazole rings is 1. The number of nitrogens with one attached hydrogen (secondary N) is 1. The third-order valence-corrected chi connectivity index (χ3v) is 5.25. The van der Waals surface area contributed by atoms with Gasteiger partial charge >= 0.3 is 0 Å². The molecule has 21 heavy (non-hydrogen) atoms. The van der Waals surface area contributed by atoms with Gasteiger partial charge in [0.25, 0.3) is 5.91 Å². The van der Waals surface area contributed by atoms with E-state index < -0.39 is 0 Å². The maximum Gasteiger partial charge on any atom is 0.261 e. The molecule has 1 atom stereocenters. The lowest BCUT2D eigenvalue weighted by Crippen LogP contribution is -2.38. The van der Waals surface area contributed by atoms with Gasteiger partial charge in [0.15, 0.2) is 6.10 Å². The van der Waals surface area contributed by atoms with E-state index in [-0.39, 0.29) is 12.0 Å². The number of carbonyl (C=O) groups excluding carboxylic acids is 1. The normalized spacial score (nSPS) is 16.3. The van der Waals surface area contributed by atoms with Crippen molar-refractivity contribution in [2.45, 2.75) is 23.3 Å². The van der Waals surface area contributed by atoms with Crippen LogP contribution in [0.4, 0.5) is 0 Å². The topological polar surface area (TPSA) is 51.2 Å². The molecule has 2 heterocycles. The number of hydrogen-bond donors (Lipinski definition) is 1. The molecule has 1 aliphatic heterocycles. The Morgan fingerprint density at radius 2 is 2.38 bits per heavy atom. The predicted molar refractivity (Wildman–Crippen MR) is 85.0 cm³/mol. The number of hydrogen-bond acceptors (Lipinski definition) is 5. The van der Waals surface area contributed by atoms with Gasteiger partial charge < -0.3 is 10.1 Å². The van der Waals surface area contributed by atoms with Crippen LogP contribution in [0.2, 0.25) is 0 Å². The third-order valence-electron chi connectivity index (χ3n) is 3.20. The standard InChI is InChI=1S/C15H16N2O2S2/c18-14(13-10-11-4-1-2-5-12(11)19-13)16-6-3-8-20-15-17-7-9-21-15/h1-2,4-5,7,9,13H,3,6,8,10H2,(H,16,18). The van der Waals surface area contributed by atoms with Gasteiger partial charge in [-0.05, 0) is 18.1 Å². The number of para-hydroxylation sites is 1. The van der Waals surface area contributed by atoms with Crippen molar-refractivity contribution in [3.05, 3.63) is 41.4 Å². The van der Waals surface area contributed by atoms with E-state index in [4.69, 9.17) is 4.74 Å². The molecule has 0 fully saturated rings. The first-order chi connectivity index (χ1) is 10.3. The minimum Gasteiger partial charge on any atom is -0.480 e. The Morgan fingerprint density at radius 3 is 3.19 bits per heavy atom. The van der Waals surface area contributed by atoms with Crippen molar-refractivity contribution in [2.75, 3.05) is 12.3 Å². The molecular weight excluding hydrogens is 304 g/mol. The first-order valence-corrected chi connectivity index (χ1v) is 8.74. The van der Waals surface area contributed by atoms with E-state index >= 15 is 0 Å². The summed E-state index contributed by atoms with van der Waals surface area (Å²) in [5.41, 5.74) is 1.11. The van der Waals surface area contributed by atoms with Crippen molar-refractivity contribution in [3.63, 3.8) is 0 Å². The summed E-state index contributed by atoms with van der Waals surface area (Å²) in [6.07, 6.45) is 3.02. The molecule has 0 saturated carbocycles. The average molecular weight is 320 g/mol. The molecule has 1 aliphatic rings. The highest BCUT2D eigenvalue weighted by atomic mass is 32.2. The quantitative estimate of drug-likeness (QED) is 0.657. The molecule has 2 aromatic rings. The zero-order chi connectivity index (χ0) is 14.5. The number of amides is 1. The summed E-state index contributed by atoms with van der Waals surface area (Å²) in [5, 5.41) is 4.92. The average Bonchev–Trinajstić information content (AvgIpc) is 3.15. The molecule has 1 aromatic heterocycles. The lowest BCUT2D eigenvalue weighted by molar-refractivity contribution is -0.127. The number of ether oxygens (including phenoxy) is 1. The fraction of sp³-hybridized carbons (Fsp3) is 0.333. The van der Waals surface area contributed by atoms with Gasteiger partial charge in [0.05, 0.1) is 0 Å². The number of aromatic nitrogens is 1. The van der Waals surface area contributed by atoms with Crippen LogP contribution in [-0.4, -0.2) is 29.3 Å². The molecular formula is C15H16N2O2S2. The van der Waals surface area contributed by atoms with E-state index in [0.29, 0.717) is 13.0 Å². The summed E-state index contributed by atoms with van der Waals surface area (Å²) in [4.78, 5) is 16.3. The first-order valence-electron chi connectivity index (χ1n) is 6.87. The number of benzene rings is 1. The largest absolute Gasteiger partial charge is 0.480 e. The number of thioether (sulfide) groups is 1. The van der Waals surface area contributed by atoms with Crippen LogP contribution in [0.5, 0.6) is 5.75 Å². The van der Waals surface area contributed by atoms with Crippen LogP contribution in [0, 0.1) is 0 Å². The molecule has 110 valence electrons. The van der Waals surface area contributed by atoms with Crippen LogP contribution in [0.3, 0.4) is 0 Å².